The van der Waals surface area contributed by atoms with E-state index in [1.165, 1.54) is 36.2 Å². The van der Waals surface area contributed by atoms with Crippen molar-refractivity contribution in [1.29, 1.82) is 0 Å². The number of fused-ring (bicyclic) bond motifs is 1. The minimum Gasteiger partial charge on any atom is -0.504 e. The van der Waals surface area contributed by atoms with Gasteiger partial charge in [0.1, 0.15) is 17.5 Å². The van der Waals surface area contributed by atoms with Crippen LogP contribution in [0.4, 0.5) is 0 Å². The van der Waals surface area contributed by atoms with Gasteiger partial charge in [-0.2, -0.15) is 0 Å². The van der Waals surface area contributed by atoms with E-state index < -0.39 is 12.0 Å². The fourth-order valence-corrected chi connectivity index (χ4v) is 5.42. The maximum absolute atomic E-state index is 13.9. The van der Waals surface area contributed by atoms with Crippen molar-refractivity contribution in [1.82, 2.24) is 4.57 Å². The lowest BCUT2D eigenvalue weighted by molar-refractivity contribution is -0.139. The predicted molar refractivity (Wildman–Crippen MR) is 144 cm³/mol. The van der Waals surface area contributed by atoms with E-state index in [0.29, 0.717) is 55.4 Å². The molecule has 1 aromatic heterocycles. The van der Waals surface area contributed by atoms with Gasteiger partial charge in [-0.1, -0.05) is 30.7 Å². The van der Waals surface area contributed by atoms with Crippen LogP contribution >= 0.6 is 11.3 Å². The van der Waals surface area contributed by atoms with Gasteiger partial charge in [0.15, 0.2) is 16.3 Å². The minimum absolute atomic E-state index is 0.000448. The lowest BCUT2D eigenvalue weighted by Gasteiger charge is -2.27. The molecule has 200 valence electrons. The zero-order chi connectivity index (χ0) is 27.4. The van der Waals surface area contributed by atoms with E-state index in [9.17, 15) is 14.7 Å². The van der Waals surface area contributed by atoms with Crippen molar-refractivity contribution in [2.24, 2.45) is 4.99 Å². The number of thiazole rings is 1. The average Bonchev–Trinajstić information content (AvgIpc) is 3.23. The van der Waals surface area contributed by atoms with E-state index >= 15 is 0 Å². The molecule has 10 heteroatoms. The third-order valence-corrected chi connectivity index (χ3v) is 7.11. The largest absolute Gasteiger partial charge is 0.504 e. The summed E-state index contributed by atoms with van der Waals surface area (Å²) in [5.41, 5.74) is 1.79. The molecule has 0 spiro atoms. The lowest BCUT2D eigenvalue weighted by Crippen LogP contribution is -2.40. The quantitative estimate of drug-likeness (QED) is 0.417. The van der Waals surface area contributed by atoms with Crippen LogP contribution in [-0.2, 0) is 9.53 Å². The molecular formula is C28H30N2O7S. The first-order chi connectivity index (χ1) is 18.4. The Morgan fingerprint density at radius 2 is 1.84 bits per heavy atom. The second-order valence-corrected chi connectivity index (χ2v) is 9.46. The van der Waals surface area contributed by atoms with Crippen molar-refractivity contribution < 1.29 is 28.8 Å². The van der Waals surface area contributed by atoms with Crippen molar-refractivity contribution in [3.05, 3.63) is 78.5 Å². The summed E-state index contributed by atoms with van der Waals surface area (Å²) in [6, 6.07) is 9.26. The molecule has 0 fully saturated rings. The van der Waals surface area contributed by atoms with Gasteiger partial charge >= 0.3 is 5.97 Å². The highest BCUT2D eigenvalue weighted by Gasteiger charge is 2.36. The van der Waals surface area contributed by atoms with Gasteiger partial charge in [-0.25, -0.2) is 9.79 Å². The van der Waals surface area contributed by atoms with E-state index in [1.54, 1.807) is 50.4 Å². The van der Waals surface area contributed by atoms with Crippen LogP contribution in [-0.4, -0.2) is 43.6 Å². The zero-order valence-electron chi connectivity index (χ0n) is 21.9. The number of carbonyl (C=O) groups excluding carboxylic acids is 1. The summed E-state index contributed by atoms with van der Waals surface area (Å²) >= 11 is 1.22. The van der Waals surface area contributed by atoms with Gasteiger partial charge in [0.25, 0.3) is 5.56 Å². The second-order valence-electron chi connectivity index (χ2n) is 8.45. The number of phenols is 1. The number of phenolic OH excluding ortho intramolecular Hbond substituents is 1. The van der Waals surface area contributed by atoms with Gasteiger partial charge in [-0.05, 0) is 55.3 Å². The first-order valence-corrected chi connectivity index (χ1v) is 13.0. The first kappa shape index (κ1) is 27.0. The van der Waals surface area contributed by atoms with Crippen LogP contribution in [0.5, 0.6) is 23.0 Å². The third-order valence-electron chi connectivity index (χ3n) is 6.13. The van der Waals surface area contributed by atoms with Gasteiger partial charge in [-0.3, -0.25) is 9.36 Å². The van der Waals surface area contributed by atoms with Crippen molar-refractivity contribution in [3.63, 3.8) is 0 Å². The molecule has 0 radical (unpaired) electrons. The Kier molecular flexibility index (Phi) is 8.21. The topological polar surface area (TPSA) is 109 Å². The SMILES string of the molecule is CCCC1=C(C(=O)OCC)[C@H](c2cc(OC)ccc2OC)n2c(s/c(=C\c3ccc(O)c(OC)c3)c2=O)=N1. The van der Waals surface area contributed by atoms with E-state index in [0.717, 1.165) is 6.42 Å². The minimum atomic E-state index is -0.839. The number of carbonyl (C=O) groups is 1. The fourth-order valence-electron chi connectivity index (χ4n) is 4.40. The molecule has 0 aliphatic carbocycles. The Morgan fingerprint density at radius 3 is 2.50 bits per heavy atom. The van der Waals surface area contributed by atoms with Crippen molar-refractivity contribution in [2.45, 2.75) is 32.7 Å². The van der Waals surface area contributed by atoms with Crippen LogP contribution in [0.2, 0.25) is 0 Å². The Labute approximate surface area is 223 Å². The Hall–Kier alpha value is -4.05. The maximum atomic E-state index is 13.9. The summed E-state index contributed by atoms with van der Waals surface area (Å²) in [5, 5.41) is 9.96. The number of aromatic nitrogens is 1. The highest BCUT2D eigenvalue weighted by molar-refractivity contribution is 7.07. The summed E-state index contributed by atoms with van der Waals surface area (Å²) < 4.78 is 23.7. The molecule has 3 aromatic rings. The maximum Gasteiger partial charge on any atom is 0.338 e. The van der Waals surface area contributed by atoms with Crippen molar-refractivity contribution >= 4 is 23.4 Å². The fraction of sp³-hybridized carbons (Fsp3) is 0.321. The molecule has 1 aliphatic rings. The highest BCUT2D eigenvalue weighted by Crippen LogP contribution is 2.38. The molecule has 4 rings (SSSR count). The molecule has 1 atom stereocenters. The van der Waals surface area contributed by atoms with E-state index in [2.05, 4.69) is 0 Å². The third kappa shape index (κ3) is 5.04. The van der Waals surface area contributed by atoms with Crippen LogP contribution in [0.3, 0.4) is 0 Å². The number of ether oxygens (including phenoxy) is 4. The van der Waals surface area contributed by atoms with Crippen molar-refractivity contribution in [3.8, 4) is 23.0 Å². The molecule has 0 bridgehead atoms. The zero-order valence-corrected chi connectivity index (χ0v) is 22.8. The Morgan fingerprint density at radius 1 is 1.08 bits per heavy atom. The van der Waals surface area contributed by atoms with E-state index in [-0.39, 0.29) is 17.9 Å². The number of methoxy groups -OCH3 is 3. The van der Waals surface area contributed by atoms with Gasteiger partial charge in [0.05, 0.1) is 43.7 Å². The number of rotatable bonds is 9. The number of allylic oxidation sites excluding steroid dienone is 1. The van der Waals surface area contributed by atoms with Gasteiger partial charge in [0.2, 0.25) is 0 Å². The Balaban J connectivity index is 2.04. The van der Waals surface area contributed by atoms with E-state index in [4.69, 9.17) is 23.9 Å². The van der Waals surface area contributed by atoms with Crippen LogP contribution in [0.15, 0.2) is 57.5 Å². The van der Waals surface area contributed by atoms with Crippen LogP contribution in [0.1, 0.15) is 43.9 Å². The number of benzene rings is 2. The number of nitrogens with zero attached hydrogens (tertiary/aromatic N) is 2. The molecule has 0 unspecified atom stereocenters. The smallest absolute Gasteiger partial charge is 0.338 e. The molecular weight excluding hydrogens is 508 g/mol. The molecule has 38 heavy (non-hydrogen) atoms. The molecule has 0 saturated heterocycles. The normalized spacial score (nSPS) is 15.1. The number of hydrogen-bond acceptors (Lipinski definition) is 9. The van der Waals surface area contributed by atoms with Crippen LogP contribution in [0.25, 0.3) is 6.08 Å². The van der Waals surface area contributed by atoms with Crippen LogP contribution < -0.4 is 29.1 Å². The lowest BCUT2D eigenvalue weighted by atomic mass is 9.93. The summed E-state index contributed by atoms with van der Waals surface area (Å²) in [4.78, 5) is 32.5. The van der Waals surface area contributed by atoms with Crippen molar-refractivity contribution in [2.75, 3.05) is 27.9 Å². The van der Waals surface area contributed by atoms with Gasteiger partial charge in [0, 0.05) is 5.56 Å². The molecule has 9 nitrogen and oxygen atoms in total. The standard InChI is InChI=1S/C28H30N2O7S/c1-6-8-19-24(27(33)37-7-2)25(18-15-17(34-3)10-12-21(18)35-4)30-26(32)23(38-28(30)29-19)14-16-9-11-20(31)22(13-16)36-5/h9-15,25,31H,6-8H2,1-5H3/b23-14-/t25-/m0/s1. The number of hydrogen-bond donors (Lipinski definition) is 1. The summed E-state index contributed by atoms with van der Waals surface area (Å²) in [6.45, 7) is 3.91. The predicted octanol–water partition coefficient (Wildman–Crippen LogP) is 3.31. The van der Waals surface area contributed by atoms with E-state index in [1.807, 2.05) is 6.92 Å². The number of esters is 1. The molecule has 2 aromatic carbocycles. The van der Waals surface area contributed by atoms with Gasteiger partial charge < -0.3 is 24.1 Å². The summed E-state index contributed by atoms with van der Waals surface area (Å²) in [6.07, 6.45) is 2.97. The molecule has 1 aliphatic heterocycles. The molecule has 1 N–H and O–H groups in total. The second kappa shape index (κ2) is 11.6. The summed E-state index contributed by atoms with van der Waals surface area (Å²) in [7, 11) is 4.54. The number of aromatic hydroxyl groups is 1. The van der Waals surface area contributed by atoms with Crippen LogP contribution in [0, 0.1) is 0 Å². The first-order valence-electron chi connectivity index (χ1n) is 12.2. The molecule has 0 saturated carbocycles. The van der Waals surface area contributed by atoms with Gasteiger partial charge in [-0.15, -0.1) is 0 Å². The molecule has 2 heterocycles. The average molecular weight is 539 g/mol. The highest BCUT2D eigenvalue weighted by atomic mass is 32.1. The molecule has 0 amide bonds. The monoisotopic (exact) mass is 538 g/mol. The summed E-state index contributed by atoms with van der Waals surface area (Å²) in [5.74, 6) is 0.802. The Bertz CT molecular complexity index is 1570.